The van der Waals surface area contributed by atoms with Crippen LogP contribution in [0.4, 0.5) is 0 Å². The lowest BCUT2D eigenvalue weighted by molar-refractivity contribution is 0.100. The summed E-state index contributed by atoms with van der Waals surface area (Å²) in [6, 6.07) is 9.53. The summed E-state index contributed by atoms with van der Waals surface area (Å²) in [5, 5.41) is 7.64. The van der Waals surface area contributed by atoms with E-state index in [0.29, 0.717) is 5.56 Å². The van der Waals surface area contributed by atoms with Gasteiger partial charge in [0.05, 0.1) is 0 Å². The zero-order valence-corrected chi connectivity index (χ0v) is 10.9. The summed E-state index contributed by atoms with van der Waals surface area (Å²) in [5.74, 6) is -0.382. The number of hydrogen-bond acceptors (Lipinski definition) is 3. The topological polar surface area (TPSA) is 55.1 Å². The van der Waals surface area contributed by atoms with Crippen LogP contribution in [0, 0.1) is 0 Å². The molecule has 2 aromatic rings. The fourth-order valence-corrected chi connectivity index (χ4v) is 2.39. The highest BCUT2D eigenvalue weighted by Crippen LogP contribution is 2.06. The van der Waals surface area contributed by atoms with Gasteiger partial charge in [-0.15, -0.1) is 0 Å². The van der Waals surface area contributed by atoms with E-state index in [1.54, 1.807) is 23.5 Å². The normalized spacial score (nSPS) is 10.4. The van der Waals surface area contributed by atoms with Crippen molar-refractivity contribution in [3.63, 3.8) is 0 Å². The molecule has 1 heterocycles. The van der Waals surface area contributed by atoms with Crippen molar-refractivity contribution >= 4 is 17.2 Å². The Bertz CT molecular complexity index is 491. The fourth-order valence-electron chi connectivity index (χ4n) is 1.69. The number of benzene rings is 1. The molecule has 0 aliphatic rings. The lowest BCUT2D eigenvalue weighted by Crippen LogP contribution is -2.16. The average Bonchev–Trinajstić information content (AvgIpc) is 2.88. The van der Waals surface area contributed by atoms with Crippen LogP contribution in [0.3, 0.4) is 0 Å². The third-order valence-corrected chi connectivity index (χ3v) is 3.47. The molecule has 0 bridgehead atoms. The van der Waals surface area contributed by atoms with Crippen molar-refractivity contribution in [3.05, 3.63) is 57.8 Å². The Labute approximate surface area is 111 Å². The maximum absolute atomic E-state index is 10.9. The Morgan fingerprint density at radius 3 is 2.56 bits per heavy atom. The molecule has 2 rings (SSSR count). The van der Waals surface area contributed by atoms with Crippen LogP contribution < -0.4 is 11.1 Å². The molecule has 1 aromatic heterocycles. The lowest BCUT2D eigenvalue weighted by atomic mass is 10.1. The molecule has 0 saturated heterocycles. The molecule has 0 radical (unpaired) electrons. The second-order valence-corrected chi connectivity index (χ2v) is 4.90. The number of nitrogens with one attached hydrogen (secondary N) is 1. The molecule has 0 aliphatic carbocycles. The number of rotatable bonds is 6. The van der Waals surface area contributed by atoms with E-state index in [1.165, 1.54) is 5.56 Å². The smallest absolute Gasteiger partial charge is 0.248 e. The van der Waals surface area contributed by atoms with Gasteiger partial charge in [-0.25, -0.2) is 0 Å². The number of amides is 1. The molecule has 0 fully saturated rings. The van der Waals surface area contributed by atoms with E-state index < -0.39 is 0 Å². The SMILES string of the molecule is NC(=O)c1ccc(CNCCc2ccsc2)cc1. The summed E-state index contributed by atoms with van der Waals surface area (Å²) in [4.78, 5) is 10.9. The van der Waals surface area contributed by atoms with Gasteiger partial charge in [-0.3, -0.25) is 4.79 Å². The maximum atomic E-state index is 10.9. The van der Waals surface area contributed by atoms with Gasteiger partial charge in [0.1, 0.15) is 0 Å². The minimum Gasteiger partial charge on any atom is -0.366 e. The average molecular weight is 260 g/mol. The van der Waals surface area contributed by atoms with Crippen molar-refractivity contribution in [3.8, 4) is 0 Å². The van der Waals surface area contributed by atoms with Crippen molar-refractivity contribution < 1.29 is 4.79 Å². The first-order valence-electron chi connectivity index (χ1n) is 5.86. The molecule has 0 atom stereocenters. The van der Waals surface area contributed by atoms with Crippen LogP contribution in [-0.4, -0.2) is 12.5 Å². The number of primary amides is 1. The highest BCUT2D eigenvalue weighted by atomic mass is 32.1. The third kappa shape index (κ3) is 3.68. The second-order valence-electron chi connectivity index (χ2n) is 4.12. The van der Waals surface area contributed by atoms with E-state index in [0.717, 1.165) is 25.1 Å². The van der Waals surface area contributed by atoms with Gasteiger partial charge in [0, 0.05) is 12.1 Å². The van der Waals surface area contributed by atoms with Gasteiger partial charge in [-0.1, -0.05) is 12.1 Å². The molecule has 4 heteroatoms. The van der Waals surface area contributed by atoms with E-state index in [1.807, 2.05) is 12.1 Å². The molecule has 0 aliphatic heterocycles. The molecule has 1 amide bonds. The van der Waals surface area contributed by atoms with Gasteiger partial charge in [0.2, 0.25) is 5.91 Å². The Morgan fingerprint density at radius 1 is 1.17 bits per heavy atom. The molecular weight excluding hydrogens is 244 g/mol. The molecule has 18 heavy (non-hydrogen) atoms. The van der Waals surface area contributed by atoms with Crippen molar-refractivity contribution in [2.45, 2.75) is 13.0 Å². The zero-order valence-electron chi connectivity index (χ0n) is 10.1. The predicted molar refractivity (Wildman–Crippen MR) is 74.7 cm³/mol. The Hall–Kier alpha value is -1.65. The number of carbonyl (C=O) groups is 1. The Kier molecular flexibility index (Phi) is 4.50. The van der Waals surface area contributed by atoms with Crippen molar-refractivity contribution in [2.75, 3.05) is 6.54 Å². The lowest BCUT2D eigenvalue weighted by Gasteiger charge is -2.04. The molecule has 3 nitrogen and oxygen atoms in total. The van der Waals surface area contributed by atoms with E-state index in [-0.39, 0.29) is 5.91 Å². The maximum Gasteiger partial charge on any atom is 0.248 e. The number of nitrogens with two attached hydrogens (primary N) is 1. The van der Waals surface area contributed by atoms with Crippen LogP contribution in [0.1, 0.15) is 21.5 Å². The summed E-state index contributed by atoms with van der Waals surface area (Å²) in [5.41, 5.74) is 8.27. The minimum atomic E-state index is -0.382. The van der Waals surface area contributed by atoms with E-state index in [4.69, 9.17) is 5.73 Å². The summed E-state index contributed by atoms with van der Waals surface area (Å²) >= 11 is 1.73. The van der Waals surface area contributed by atoms with E-state index in [9.17, 15) is 4.79 Å². The molecule has 1 aromatic carbocycles. The van der Waals surface area contributed by atoms with E-state index >= 15 is 0 Å². The Balaban J connectivity index is 1.75. The number of thiophene rings is 1. The monoisotopic (exact) mass is 260 g/mol. The quantitative estimate of drug-likeness (QED) is 0.782. The number of carbonyl (C=O) groups excluding carboxylic acids is 1. The van der Waals surface area contributed by atoms with Gasteiger partial charge >= 0.3 is 0 Å². The molecule has 3 N–H and O–H groups in total. The molecule has 0 spiro atoms. The number of hydrogen-bond donors (Lipinski definition) is 2. The third-order valence-electron chi connectivity index (χ3n) is 2.74. The first-order valence-corrected chi connectivity index (χ1v) is 6.80. The van der Waals surface area contributed by atoms with Gasteiger partial charge in [0.25, 0.3) is 0 Å². The predicted octanol–water partition coefficient (Wildman–Crippen LogP) is 2.18. The second kappa shape index (κ2) is 6.33. The molecule has 94 valence electrons. The van der Waals surface area contributed by atoms with Crippen LogP contribution in [-0.2, 0) is 13.0 Å². The van der Waals surface area contributed by atoms with Crippen molar-refractivity contribution in [1.29, 1.82) is 0 Å². The van der Waals surface area contributed by atoms with Crippen LogP contribution in [0.25, 0.3) is 0 Å². The molecular formula is C14H16N2OS. The minimum absolute atomic E-state index is 0.382. The summed E-state index contributed by atoms with van der Waals surface area (Å²) in [7, 11) is 0. The highest BCUT2D eigenvalue weighted by Gasteiger charge is 1.99. The van der Waals surface area contributed by atoms with Crippen molar-refractivity contribution in [1.82, 2.24) is 5.32 Å². The highest BCUT2D eigenvalue weighted by molar-refractivity contribution is 7.07. The fraction of sp³-hybridized carbons (Fsp3) is 0.214. The van der Waals surface area contributed by atoms with Gasteiger partial charge in [-0.05, 0) is 53.1 Å². The largest absolute Gasteiger partial charge is 0.366 e. The first-order chi connectivity index (χ1) is 8.75. The van der Waals surface area contributed by atoms with Crippen LogP contribution in [0.15, 0.2) is 41.1 Å². The van der Waals surface area contributed by atoms with Gasteiger partial charge < -0.3 is 11.1 Å². The standard InChI is InChI=1S/C14H16N2OS/c15-14(17)13-3-1-11(2-4-13)9-16-7-5-12-6-8-18-10-12/h1-4,6,8,10,16H,5,7,9H2,(H2,15,17). The summed E-state index contributed by atoms with van der Waals surface area (Å²) in [6.45, 7) is 1.76. The molecule has 0 saturated carbocycles. The van der Waals surface area contributed by atoms with E-state index in [2.05, 4.69) is 22.1 Å². The first kappa shape index (κ1) is 12.8. The summed E-state index contributed by atoms with van der Waals surface area (Å²) < 4.78 is 0. The summed E-state index contributed by atoms with van der Waals surface area (Å²) in [6.07, 6.45) is 1.04. The Morgan fingerprint density at radius 2 is 1.94 bits per heavy atom. The van der Waals surface area contributed by atoms with Gasteiger partial charge in [-0.2, -0.15) is 11.3 Å². The van der Waals surface area contributed by atoms with Crippen LogP contribution in [0.5, 0.6) is 0 Å². The molecule has 0 unspecified atom stereocenters. The van der Waals surface area contributed by atoms with Gasteiger partial charge in [0.15, 0.2) is 0 Å². The van der Waals surface area contributed by atoms with Crippen LogP contribution >= 0.6 is 11.3 Å². The zero-order chi connectivity index (χ0) is 12.8. The van der Waals surface area contributed by atoms with Crippen LogP contribution in [0.2, 0.25) is 0 Å². The van der Waals surface area contributed by atoms with Crippen molar-refractivity contribution in [2.24, 2.45) is 5.73 Å².